The molecule has 1 saturated carbocycles. The third-order valence-electron chi connectivity index (χ3n) is 10.7. The first kappa shape index (κ1) is 33.9. The van der Waals surface area contributed by atoms with Gasteiger partial charge in [-0.15, -0.1) is 0 Å². The van der Waals surface area contributed by atoms with Gasteiger partial charge in [0.15, 0.2) is 0 Å². The lowest BCUT2D eigenvalue weighted by molar-refractivity contribution is -0.136. The van der Waals surface area contributed by atoms with Gasteiger partial charge in [-0.3, -0.25) is 39.0 Å². The van der Waals surface area contributed by atoms with Crippen molar-refractivity contribution in [3.63, 3.8) is 0 Å². The fourth-order valence-electron chi connectivity index (χ4n) is 7.61. The summed E-state index contributed by atoms with van der Waals surface area (Å²) in [5.41, 5.74) is 3.49. The molecule has 1 spiro atoms. The van der Waals surface area contributed by atoms with Crippen molar-refractivity contribution in [2.45, 2.75) is 57.6 Å². The Kier molecular flexibility index (Phi) is 8.16. The van der Waals surface area contributed by atoms with E-state index in [0.29, 0.717) is 48.2 Å². The smallest absolute Gasteiger partial charge is 0.262 e. The molecule has 53 heavy (non-hydrogen) atoms. The van der Waals surface area contributed by atoms with Crippen molar-refractivity contribution in [2.24, 2.45) is 5.41 Å². The van der Waals surface area contributed by atoms with E-state index in [1.54, 1.807) is 18.3 Å². The van der Waals surface area contributed by atoms with Crippen LogP contribution in [0.3, 0.4) is 0 Å². The summed E-state index contributed by atoms with van der Waals surface area (Å²) in [6.45, 7) is 6.12. The number of ether oxygens (including phenoxy) is 1. The predicted octanol–water partition coefficient (Wildman–Crippen LogP) is 4.20. The number of rotatable bonds is 9. The largest absolute Gasteiger partial charge is 0.487 e. The first-order valence-electron chi connectivity index (χ1n) is 17.5. The summed E-state index contributed by atoms with van der Waals surface area (Å²) >= 11 is 0. The molecule has 5 amide bonds. The number of nitrogens with one attached hydrogen (secondary N) is 2. The van der Waals surface area contributed by atoms with Gasteiger partial charge in [-0.1, -0.05) is 38.1 Å². The van der Waals surface area contributed by atoms with Crippen LogP contribution in [0.4, 0.5) is 11.6 Å². The molecule has 1 atom stereocenters. The molecule has 1 aromatic heterocycles. The molecule has 2 N–H and O–H groups in total. The molecule has 13 heteroatoms. The van der Waals surface area contributed by atoms with E-state index in [0.717, 1.165) is 34.8 Å². The molecule has 8 rings (SSSR count). The second-order valence-corrected chi connectivity index (χ2v) is 14.8. The zero-order valence-electron chi connectivity index (χ0n) is 29.2. The van der Waals surface area contributed by atoms with E-state index in [4.69, 9.17) is 4.74 Å². The Labute approximate surface area is 304 Å². The average Bonchev–Trinajstić information content (AvgIpc) is 3.36. The number of hydrogen-bond donors (Lipinski definition) is 2. The molecule has 1 aliphatic carbocycles. The molecular weight excluding hydrogens is 676 g/mol. The van der Waals surface area contributed by atoms with Gasteiger partial charge in [0.2, 0.25) is 17.8 Å². The number of amides is 5. The minimum absolute atomic E-state index is 0.0295. The topological polar surface area (TPSA) is 168 Å². The molecule has 0 radical (unpaired) electrons. The minimum atomic E-state index is -1.07. The van der Waals surface area contributed by atoms with E-state index in [-0.39, 0.29) is 29.4 Å². The van der Waals surface area contributed by atoms with Crippen LogP contribution in [-0.2, 0) is 26.4 Å². The Morgan fingerprint density at radius 3 is 2.26 bits per heavy atom. The maximum Gasteiger partial charge on any atom is 0.262 e. The molecule has 3 fully saturated rings. The number of imide groups is 2. The molecule has 3 aromatic carbocycles. The molecule has 4 aromatic rings. The van der Waals surface area contributed by atoms with Crippen molar-refractivity contribution < 1.29 is 33.5 Å². The monoisotopic (exact) mass is 712 g/mol. The molecule has 4 aliphatic rings. The number of carbonyl (C=O) groups is 6. The van der Waals surface area contributed by atoms with Gasteiger partial charge in [-0.05, 0) is 66.1 Å². The third kappa shape index (κ3) is 6.21. The zero-order chi connectivity index (χ0) is 37.1. The van der Waals surface area contributed by atoms with Gasteiger partial charge < -0.3 is 15.0 Å². The number of piperidine rings is 1. The number of benzene rings is 3. The van der Waals surface area contributed by atoms with Crippen LogP contribution < -0.4 is 20.3 Å². The van der Waals surface area contributed by atoms with E-state index in [2.05, 4.69) is 39.3 Å². The fourth-order valence-corrected chi connectivity index (χ4v) is 7.61. The molecule has 1 unspecified atom stereocenters. The van der Waals surface area contributed by atoms with Crippen LogP contribution in [-0.4, -0.2) is 69.3 Å². The molecule has 268 valence electrons. The van der Waals surface area contributed by atoms with Crippen LogP contribution in [0.15, 0.2) is 79.0 Å². The number of anilines is 2. The Morgan fingerprint density at radius 1 is 0.906 bits per heavy atom. The summed E-state index contributed by atoms with van der Waals surface area (Å²) in [5, 5.41) is 4.97. The van der Waals surface area contributed by atoms with Crippen molar-refractivity contribution in [1.29, 1.82) is 0 Å². The standard InChI is InChI=1S/C40H36N6O7/c1-39(2,25-7-10-29(11-8-25)53-20-27-15-16-41-38(43-27)45-21-40(22-45)18-28(47)19-40)24-5-3-23(4-6-24)34(49)42-26-9-12-30-31(17-26)37(52)46(36(30)51)32-13-14-33(48)44-35(32)50/h3-12,15-17,32H,13-14,18-22H2,1-2H3,(H,42,49)(H,44,48,50). The van der Waals surface area contributed by atoms with Gasteiger partial charge in [-0.25, -0.2) is 9.97 Å². The van der Waals surface area contributed by atoms with E-state index < -0.39 is 41.0 Å². The van der Waals surface area contributed by atoms with Gasteiger partial charge in [0.1, 0.15) is 24.2 Å². The van der Waals surface area contributed by atoms with Crippen LogP contribution in [0.1, 0.15) is 87.4 Å². The van der Waals surface area contributed by atoms with Crippen molar-refractivity contribution >= 4 is 47.0 Å². The molecule has 3 aliphatic heterocycles. The summed E-state index contributed by atoms with van der Waals surface area (Å²) in [6, 6.07) is 20.3. The van der Waals surface area contributed by atoms with Crippen LogP contribution in [0.2, 0.25) is 0 Å². The summed E-state index contributed by atoms with van der Waals surface area (Å²) in [7, 11) is 0. The highest BCUT2D eigenvalue weighted by Crippen LogP contribution is 2.46. The van der Waals surface area contributed by atoms with Crippen LogP contribution in [0.5, 0.6) is 5.75 Å². The molecule has 0 bridgehead atoms. The lowest BCUT2D eigenvalue weighted by Crippen LogP contribution is -2.63. The number of carbonyl (C=O) groups excluding carboxylic acids is 6. The number of hydrogen-bond acceptors (Lipinski definition) is 10. The highest BCUT2D eigenvalue weighted by atomic mass is 16.5. The normalized spacial score (nSPS) is 19.1. The van der Waals surface area contributed by atoms with E-state index >= 15 is 0 Å². The highest BCUT2D eigenvalue weighted by molar-refractivity contribution is 6.24. The number of nitrogens with zero attached hydrogens (tertiary/aromatic N) is 4. The van der Waals surface area contributed by atoms with Gasteiger partial charge in [-0.2, -0.15) is 0 Å². The average molecular weight is 713 g/mol. The van der Waals surface area contributed by atoms with Crippen molar-refractivity contribution in [2.75, 3.05) is 23.3 Å². The Hall–Kier alpha value is -6.24. The summed E-state index contributed by atoms with van der Waals surface area (Å²) in [6.07, 6.45) is 3.14. The first-order valence-corrected chi connectivity index (χ1v) is 17.5. The summed E-state index contributed by atoms with van der Waals surface area (Å²) in [4.78, 5) is 86.8. The van der Waals surface area contributed by atoms with Gasteiger partial charge >= 0.3 is 0 Å². The van der Waals surface area contributed by atoms with E-state index in [9.17, 15) is 28.8 Å². The Balaban J connectivity index is 0.873. The highest BCUT2D eigenvalue weighted by Gasteiger charge is 2.52. The summed E-state index contributed by atoms with van der Waals surface area (Å²) in [5.74, 6) is -1.08. The van der Waals surface area contributed by atoms with Gasteiger partial charge in [0.25, 0.3) is 17.7 Å². The van der Waals surface area contributed by atoms with Gasteiger partial charge in [0, 0.05) is 60.6 Å². The summed E-state index contributed by atoms with van der Waals surface area (Å²) < 4.78 is 6.04. The molecule has 4 heterocycles. The number of aromatic nitrogens is 2. The Bertz CT molecular complexity index is 2200. The minimum Gasteiger partial charge on any atom is -0.487 e. The first-order chi connectivity index (χ1) is 25.4. The Morgan fingerprint density at radius 2 is 1.58 bits per heavy atom. The fraction of sp³-hybridized carbons (Fsp3) is 0.300. The molecule has 13 nitrogen and oxygen atoms in total. The third-order valence-corrected chi connectivity index (χ3v) is 10.7. The van der Waals surface area contributed by atoms with Crippen LogP contribution in [0, 0.1) is 5.41 Å². The van der Waals surface area contributed by atoms with E-state index in [1.807, 2.05) is 42.5 Å². The van der Waals surface area contributed by atoms with Gasteiger partial charge in [0.05, 0.1) is 16.8 Å². The number of ketones is 1. The maximum absolute atomic E-state index is 13.2. The number of fused-ring (bicyclic) bond motifs is 1. The van der Waals surface area contributed by atoms with Crippen molar-refractivity contribution in [1.82, 2.24) is 20.2 Å². The lowest BCUT2D eigenvalue weighted by atomic mass is 9.63. The second kappa shape index (κ2) is 12.8. The molecular formula is C40H36N6O7. The van der Waals surface area contributed by atoms with Crippen molar-refractivity contribution in [3.8, 4) is 5.75 Å². The van der Waals surface area contributed by atoms with Crippen LogP contribution >= 0.6 is 0 Å². The zero-order valence-corrected chi connectivity index (χ0v) is 29.2. The predicted molar refractivity (Wildman–Crippen MR) is 191 cm³/mol. The second-order valence-electron chi connectivity index (χ2n) is 14.8. The molecule has 2 saturated heterocycles. The van der Waals surface area contributed by atoms with Crippen LogP contribution in [0.25, 0.3) is 0 Å². The SMILES string of the molecule is CC(C)(c1ccc(OCc2ccnc(N3CC4(CC(=O)C4)C3)n2)cc1)c1ccc(C(=O)Nc2ccc3c(c2)C(=O)N(C2CCC(=O)NC2=O)C3=O)cc1. The van der Waals surface area contributed by atoms with E-state index in [1.165, 1.54) is 18.2 Å². The van der Waals surface area contributed by atoms with Crippen molar-refractivity contribution in [3.05, 3.63) is 113 Å². The lowest BCUT2D eigenvalue weighted by Gasteiger charge is -2.54. The maximum atomic E-state index is 13.2. The number of Topliss-reactive ketones (excluding diaryl/α,β-unsaturated/α-hetero) is 1. The quantitative estimate of drug-likeness (QED) is 0.240.